The van der Waals surface area contributed by atoms with Gasteiger partial charge in [0.15, 0.2) is 0 Å². The number of hydrogen-bond acceptors (Lipinski definition) is 2. The van der Waals surface area contributed by atoms with Crippen LogP contribution in [0.15, 0.2) is 24.3 Å². The summed E-state index contributed by atoms with van der Waals surface area (Å²) in [6.45, 7) is 4.76. The van der Waals surface area contributed by atoms with Gasteiger partial charge in [-0.15, -0.1) is 0 Å². The van der Waals surface area contributed by atoms with Gasteiger partial charge < -0.3 is 9.80 Å². The van der Waals surface area contributed by atoms with Gasteiger partial charge in [0.2, 0.25) is 0 Å². The second kappa shape index (κ2) is 3.57. The van der Waals surface area contributed by atoms with Crippen LogP contribution in [0.5, 0.6) is 0 Å². The third-order valence-corrected chi connectivity index (χ3v) is 2.79. The zero-order chi connectivity index (χ0) is 11.0. The zero-order valence-electron chi connectivity index (χ0n) is 9.40. The Hall–Kier alpha value is -1.51. The lowest BCUT2D eigenvalue weighted by atomic mass is 10.1. The van der Waals surface area contributed by atoms with Crippen molar-refractivity contribution < 1.29 is 4.79 Å². The molecule has 0 fully saturated rings. The van der Waals surface area contributed by atoms with Gasteiger partial charge in [-0.1, -0.05) is 12.1 Å². The molecule has 1 heterocycles. The van der Waals surface area contributed by atoms with E-state index in [2.05, 4.69) is 4.90 Å². The Kier molecular flexibility index (Phi) is 2.39. The normalized spacial score (nSPS) is 15.9. The first-order valence-electron chi connectivity index (χ1n) is 5.22. The summed E-state index contributed by atoms with van der Waals surface area (Å²) in [6.07, 6.45) is 0. The molecule has 1 amide bonds. The topological polar surface area (TPSA) is 23.6 Å². The third kappa shape index (κ3) is 1.58. The molecule has 0 N–H and O–H groups in total. The fraction of sp³-hybridized carbons (Fsp3) is 0.417. The van der Waals surface area contributed by atoms with Crippen LogP contribution >= 0.6 is 0 Å². The van der Waals surface area contributed by atoms with Gasteiger partial charge in [0.25, 0.3) is 5.91 Å². The molecule has 0 atom stereocenters. The maximum Gasteiger partial charge on any atom is 0.257 e. The highest BCUT2D eigenvalue weighted by Gasteiger charge is 2.28. The number of amides is 1. The van der Waals surface area contributed by atoms with Crippen LogP contribution in [-0.2, 0) is 0 Å². The van der Waals surface area contributed by atoms with E-state index in [1.165, 1.54) is 0 Å². The van der Waals surface area contributed by atoms with E-state index in [-0.39, 0.29) is 11.9 Å². The number of rotatable bonds is 1. The van der Waals surface area contributed by atoms with Gasteiger partial charge in [-0.25, -0.2) is 0 Å². The first kappa shape index (κ1) is 10.0. The van der Waals surface area contributed by atoms with E-state index in [0.717, 1.165) is 11.3 Å². The molecule has 0 bridgehead atoms. The van der Waals surface area contributed by atoms with E-state index in [4.69, 9.17) is 0 Å². The molecule has 0 aliphatic carbocycles. The summed E-state index contributed by atoms with van der Waals surface area (Å²) in [4.78, 5) is 16.1. The van der Waals surface area contributed by atoms with Gasteiger partial charge in [-0.05, 0) is 26.0 Å². The minimum absolute atomic E-state index is 0.138. The molecule has 2 rings (SSSR count). The second-order valence-corrected chi connectivity index (χ2v) is 4.23. The van der Waals surface area contributed by atoms with Crippen molar-refractivity contribution in [2.75, 3.05) is 18.6 Å². The molecule has 0 radical (unpaired) electrons. The predicted octanol–water partition coefficient (Wildman–Crippen LogP) is 1.94. The summed E-state index contributed by atoms with van der Waals surface area (Å²) in [7, 11) is 2.01. The van der Waals surface area contributed by atoms with Crippen LogP contribution in [0.4, 0.5) is 5.69 Å². The summed E-state index contributed by atoms with van der Waals surface area (Å²) < 4.78 is 0. The molecule has 3 nitrogen and oxygen atoms in total. The summed E-state index contributed by atoms with van der Waals surface area (Å²) in [6, 6.07) is 8.00. The van der Waals surface area contributed by atoms with Crippen LogP contribution in [0.3, 0.4) is 0 Å². The summed E-state index contributed by atoms with van der Waals surface area (Å²) in [5.41, 5.74) is 1.83. The number of hydrogen-bond donors (Lipinski definition) is 0. The first-order valence-corrected chi connectivity index (χ1v) is 5.22. The lowest BCUT2D eigenvalue weighted by molar-refractivity contribution is 0.0693. The van der Waals surface area contributed by atoms with Gasteiger partial charge in [-0.2, -0.15) is 0 Å². The largest absolute Gasteiger partial charge is 0.356 e. The molecule has 1 aliphatic heterocycles. The van der Waals surface area contributed by atoms with Crippen LogP contribution in [0, 0.1) is 0 Å². The molecule has 15 heavy (non-hydrogen) atoms. The minimum atomic E-state index is 0.138. The fourth-order valence-corrected chi connectivity index (χ4v) is 1.91. The number of benzene rings is 1. The predicted molar refractivity (Wildman–Crippen MR) is 61.0 cm³/mol. The highest BCUT2D eigenvalue weighted by Crippen LogP contribution is 2.26. The lowest BCUT2D eigenvalue weighted by Gasteiger charge is -2.38. The molecular formula is C12H16N2O. The van der Waals surface area contributed by atoms with Crippen LogP contribution in [0.25, 0.3) is 0 Å². The zero-order valence-corrected chi connectivity index (χ0v) is 9.40. The molecule has 0 spiro atoms. The Morgan fingerprint density at radius 1 is 1.27 bits per heavy atom. The van der Waals surface area contributed by atoms with E-state index in [1.54, 1.807) is 0 Å². The average molecular weight is 204 g/mol. The Morgan fingerprint density at radius 3 is 2.60 bits per heavy atom. The smallest absolute Gasteiger partial charge is 0.257 e. The quantitative estimate of drug-likeness (QED) is 0.698. The monoisotopic (exact) mass is 204 g/mol. The van der Waals surface area contributed by atoms with E-state index in [9.17, 15) is 4.79 Å². The molecule has 3 heteroatoms. The second-order valence-electron chi connectivity index (χ2n) is 4.23. The number of fused-ring (bicyclic) bond motifs is 1. The van der Waals surface area contributed by atoms with Crippen LogP contribution in [0.1, 0.15) is 24.2 Å². The Bertz CT molecular complexity index is 387. The maximum absolute atomic E-state index is 12.1. The van der Waals surface area contributed by atoms with Crippen molar-refractivity contribution in [1.29, 1.82) is 0 Å². The van der Waals surface area contributed by atoms with Gasteiger partial charge in [-0.3, -0.25) is 4.79 Å². The maximum atomic E-state index is 12.1. The van der Waals surface area contributed by atoms with Crippen LogP contribution < -0.4 is 4.90 Å². The van der Waals surface area contributed by atoms with Crippen molar-refractivity contribution in [3.05, 3.63) is 29.8 Å². The lowest BCUT2D eigenvalue weighted by Crippen LogP contribution is -2.48. The van der Waals surface area contributed by atoms with Crippen molar-refractivity contribution in [3.63, 3.8) is 0 Å². The number of carbonyl (C=O) groups is 1. The van der Waals surface area contributed by atoms with E-state index in [0.29, 0.717) is 6.67 Å². The molecule has 0 unspecified atom stereocenters. The summed E-state index contributed by atoms with van der Waals surface area (Å²) in [5, 5.41) is 0. The van der Waals surface area contributed by atoms with Crippen LogP contribution in [-0.4, -0.2) is 30.6 Å². The van der Waals surface area contributed by atoms with Crippen molar-refractivity contribution in [2.45, 2.75) is 19.9 Å². The molecule has 1 aliphatic rings. The van der Waals surface area contributed by atoms with Gasteiger partial charge in [0.05, 0.1) is 17.9 Å². The van der Waals surface area contributed by atoms with Crippen molar-refractivity contribution in [1.82, 2.24) is 4.90 Å². The standard InChI is InChI=1S/C12H16N2O/c1-9(2)14-8-13(3)11-7-5-4-6-10(11)12(14)15/h4-7,9H,8H2,1-3H3. The average Bonchev–Trinajstić information content (AvgIpc) is 2.23. The number of para-hydroxylation sites is 1. The van der Waals surface area contributed by atoms with E-state index in [1.807, 2.05) is 50.1 Å². The minimum Gasteiger partial charge on any atom is -0.356 e. The molecule has 0 aromatic heterocycles. The number of carbonyl (C=O) groups excluding carboxylic acids is 1. The van der Waals surface area contributed by atoms with Crippen LogP contribution in [0.2, 0.25) is 0 Å². The Labute approximate surface area is 90.3 Å². The summed E-state index contributed by atoms with van der Waals surface area (Å²) in [5.74, 6) is 0.138. The molecule has 0 saturated heterocycles. The van der Waals surface area contributed by atoms with Crippen molar-refractivity contribution in [3.8, 4) is 0 Å². The van der Waals surface area contributed by atoms with E-state index < -0.39 is 0 Å². The first-order chi connectivity index (χ1) is 7.11. The van der Waals surface area contributed by atoms with Crippen molar-refractivity contribution in [2.24, 2.45) is 0 Å². The molecule has 80 valence electrons. The number of anilines is 1. The van der Waals surface area contributed by atoms with Gasteiger partial charge in [0.1, 0.15) is 0 Å². The molecule has 1 aromatic rings. The molecule has 0 saturated carbocycles. The highest BCUT2D eigenvalue weighted by molar-refractivity contribution is 6.01. The Balaban J connectivity index is 2.44. The SMILES string of the molecule is CC(C)N1CN(C)c2ccccc2C1=O. The highest BCUT2D eigenvalue weighted by atomic mass is 16.2. The van der Waals surface area contributed by atoms with Crippen molar-refractivity contribution >= 4 is 11.6 Å². The Morgan fingerprint density at radius 2 is 1.93 bits per heavy atom. The summed E-state index contributed by atoms with van der Waals surface area (Å²) >= 11 is 0. The number of nitrogens with zero attached hydrogens (tertiary/aromatic N) is 2. The van der Waals surface area contributed by atoms with Gasteiger partial charge in [0, 0.05) is 13.1 Å². The van der Waals surface area contributed by atoms with Gasteiger partial charge >= 0.3 is 0 Å². The molecule has 1 aromatic carbocycles. The van der Waals surface area contributed by atoms with E-state index >= 15 is 0 Å². The third-order valence-electron chi connectivity index (χ3n) is 2.79. The fourth-order valence-electron chi connectivity index (χ4n) is 1.91. The molecular weight excluding hydrogens is 188 g/mol.